The fourth-order valence-electron chi connectivity index (χ4n) is 1.65. The number of morpholine rings is 1. The Hall–Kier alpha value is -0.380. The summed E-state index contributed by atoms with van der Waals surface area (Å²) >= 11 is 0. The van der Waals surface area contributed by atoms with Crippen LogP contribution in [-0.2, 0) is 4.74 Å². The molecule has 1 unspecified atom stereocenters. The summed E-state index contributed by atoms with van der Waals surface area (Å²) in [5.74, 6) is 0. The summed E-state index contributed by atoms with van der Waals surface area (Å²) in [6.07, 6.45) is 2.29. The van der Waals surface area contributed by atoms with Crippen LogP contribution in [0.15, 0.2) is 11.6 Å². The van der Waals surface area contributed by atoms with Gasteiger partial charge in [0, 0.05) is 25.7 Å². The van der Waals surface area contributed by atoms with Crippen molar-refractivity contribution in [2.24, 2.45) is 0 Å². The lowest BCUT2D eigenvalue weighted by Crippen LogP contribution is -2.49. The van der Waals surface area contributed by atoms with Gasteiger partial charge in [-0.2, -0.15) is 0 Å². The summed E-state index contributed by atoms with van der Waals surface area (Å²) in [7, 11) is 1.99. The van der Waals surface area contributed by atoms with E-state index in [1.165, 1.54) is 5.57 Å². The highest BCUT2D eigenvalue weighted by molar-refractivity contribution is 4.96. The van der Waals surface area contributed by atoms with Crippen LogP contribution in [-0.4, -0.2) is 50.8 Å². The van der Waals surface area contributed by atoms with Gasteiger partial charge in [-0.3, -0.25) is 4.90 Å². The second-order valence-electron chi connectivity index (χ2n) is 4.06. The minimum absolute atomic E-state index is 0.532. The molecule has 0 aromatic heterocycles. The predicted octanol–water partition coefficient (Wildman–Crippen LogP) is 0.873. The van der Waals surface area contributed by atoms with E-state index in [1.54, 1.807) is 0 Å². The van der Waals surface area contributed by atoms with Crippen LogP contribution >= 0.6 is 0 Å². The lowest BCUT2D eigenvalue weighted by molar-refractivity contribution is -0.000473. The monoisotopic (exact) mass is 198 g/mol. The molecule has 0 aromatic rings. The molecule has 1 aliphatic rings. The third kappa shape index (κ3) is 3.78. The van der Waals surface area contributed by atoms with Crippen LogP contribution in [0, 0.1) is 0 Å². The molecule has 1 N–H and O–H groups in total. The van der Waals surface area contributed by atoms with Crippen molar-refractivity contribution in [1.82, 2.24) is 10.2 Å². The summed E-state index contributed by atoms with van der Waals surface area (Å²) in [4.78, 5) is 2.48. The number of nitrogens with zero attached hydrogens (tertiary/aromatic N) is 1. The molecule has 14 heavy (non-hydrogen) atoms. The number of nitrogens with one attached hydrogen (secondary N) is 1. The summed E-state index contributed by atoms with van der Waals surface area (Å²) in [6, 6.07) is 0.532. The van der Waals surface area contributed by atoms with Crippen molar-refractivity contribution < 1.29 is 4.74 Å². The van der Waals surface area contributed by atoms with E-state index in [-0.39, 0.29) is 0 Å². The van der Waals surface area contributed by atoms with Gasteiger partial charge in [-0.1, -0.05) is 11.6 Å². The first kappa shape index (κ1) is 11.7. The fraction of sp³-hybridized carbons (Fsp3) is 0.818. The molecule has 3 nitrogen and oxygen atoms in total. The van der Waals surface area contributed by atoms with E-state index >= 15 is 0 Å². The number of allylic oxidation sites excluding steroid dienone is 1. The maximum Gasteiger partial charge on any atom is 0.0635 e. The summed E-state index contributed by atoms with van der Waals surface area (Å²) in [5.41, 5.74) is 1.39. The first-order valence-electron chi connectivity index (χ1n) is 5.33. The van der Waals surface area contributed by atoms with Crippen LogP contribution in [0.2, 0.25) is 0 Å². The van der Waals surface area contributed by atoms with Gasteiger partial charge in [0.1, 0.15) is 0 Å². The van der Waals surface area contributed by atoms with Gasteiger partial charge >= 0.3 is 0 Å². The molecule has 1 fully saturated rings. The minimum atomic E-state index is 0.532. The fourth-order valence-corrected chi connectivity index (χ4v) is 1.65. The van der Waals surface area contributed by atoms with Crippen molar-refractivity contribution in [3.8, 4) is 0 Å². The molecule has 0 aliphatic carbocycles. The lowest BCUT2D eigenvalue weighted by Gasteiger charge is -2.34. The van der Waals surface area contributed by atoms with E-state index < -0.39 is 0 Å². The zero-order chi connectivity index (χ0) is 10.4. The number of rotatable bonds is 4. The Balaban J connectivity index is 2.41. The van der Waals surface area contributed by atoms with Crippen molar-refractivity contribution in [1.29, 1.82) is 0 Å². The Morgan fingerprint density at radius 2 is 2.36 bits per heavy atom. The van der Waals surface area contributed by atoms with Gasteiger partial charge in [0.05, 0.1) is 13.2 Å². The van der Waals surface area contributed by atoms with E-state index in [0.29, 0.717) is 6.04 Å². The highest BCUT2D eigenvalue weighted by atomic mass is 16.5. The topological polar surface area (TPSA) is 24.5 Å². The van der Waals surface area contributed by atoms with E-state index in [9.17, 15) is 0 Å². The Bertz CT molecular complexity index is 186. The second kappa shape index (κ2) is 6.17. The molecule has 0 amide bonds. The Morgan fingerprint density at radius 1 is 1.57 bits per heavy atom. The third-order valence-corrected chi connectivity index (χ3v) is 2.52. The number of likely N-dealkylation sites (N-methyl/N-ethyl adjacent to an activating group) is 1. The van der Waals surface area contributed by atoms with Crippen LogP contribution < -0.4 is 5.32 Å². The Kier molecular flexibility index (Phi) is 5.15. The summed E-state index contributed by atoms with van der Waals surface area (Å²) in [5, 5.41) is 3.21. The smallest absolute Gasteiger partial charge is 0.0635 e. The molecule has 0 spiro atoms. The molecule has 0 saturated carbocycles. The van der Waals surface area contributed by atoms with Crippen molar-refractivity contribution in [2.45, 2.75) is 19.9 Å². The van der Waals surface area contributed by atoms with Gasteiger partial charge in [0.2, 0.25) is 0 Å². The molecule has 0 aromatic carbocycles. The second-order valence-corrected chi connectivity index (χ2v) is 4.06. The van der Waals surface area contributed by atoms with Gasteiger partial charge in [0.15, 0.2) is 0 Å². The third-order valence-electron chi connectivity index (χ3n) is 2.52. The van der Waals surface area contributed by atoms with E-state index in [4.69, 9.17) is 4.74 Å². The molecule has 0 radical (unpaired) electrons. The standard InChI is InChI=1S/C11H22N2O/c1-10(2)4-5-13-6-7-14-9-11(13)8-12-3/h4,11-12H,5-9H2,1-3H3. The lowest BCUT2D eigenvalue weighted by atomic mass is 10.2. The molecule has 1 atom stereocenters. The van der Waals surface area contributed by atoms with Gasteiger partial charge < -0.3 is 10.1 Å². The van der Waals surface area contributed by atoms with Gasteiger partial charge in [-0.15, -0.1) is 0 Å². The largest absolute Gasteiger partial charge is 0.378 e. The van der Waals surface area contributed by atoms with Crippen LogP contribution in [0.25, 0.3) is 0 Å². The highest BCUT2D eigenvalue weighted by Gasteiger charge is 2.20. The molecule has 1 heterocycles. The maximum absolute atomic E-state index is 5.47. The first-order chi connectivity index (χ1) is 6.74. The molecule has 1 saturated heterocycles. The SMILES string of the molecule is CNCC1COCCN1CC=C(C)C. The van der Waals surface area contributed by atoms with Crippen molar-refractivity contribution in [3.63, 3.8) is 0 Å². The molecule has 3 heteroatoms. The van der Waals surface area contributed by atoms with Gasteiger partial charge in [-0.25, -0.2) is 0 Å². The molecular weight excluding hydrogens is 176 g/mol. The Morgan fingerprint density at radius 3 is 3.00 bits per heavy atom. The van der Waals surface area contributed by atoms with Crippen LogP contribution in [0.1, 0.15) is 13.8 Å². The molecule has 0 bridgehead atoms. The number of hydrogen-bond donors (Lipinski definition) is 1. The molecule has 1 rings (SSSR count). The predicted molar refractivity (Wildman–Crippen MR) is 59.5 cm³/mol. The molecule has 1 aliphatic heterocycles. The van der Waals surface area contributed by atoms with Crippen molar-refractivity contribution in [3.05, 3.63) is 11.6 Å². The summed E-state index contributed by atoms with van der Waals surface area (Å²) < 4.78 is 5.47. The first-order valence-corrected chi connectivity index (χ1v) is 5.33. The Labute approximate surface area is 87.1 Å². The highest BCUT2D eigenvalue weighted by Crippen LogP contribution is 2.06. The van der Waals surface area contributed by atoms with E-state index in [1.807, 2.05) is 7.05 Å². The summed E-state index contributed by atoms with van der Waals surface area (Å²) in [6.45, 7) is 9.14. The zero-order valence-corrected chi connectivity index (χ0v) is 9.55. The van der Waals surface area contributed by atoms with Crippen LogP contribution in [0.5, 0.6) is 0 Å². The van der Waals surface area contributed by atoms with Crippen molar-refractivity contribution >= 4 is 0 Å². The van der Waals surface area contributed by atoms with Crippen molar-refractivity contribution in [2.75, 3.05) is 39.9 Å². The van der Waals surface area contributed by atoms with Gasteiger partial charge in [-0.05, 0) is 20.9 Å². The number of ether oxygens (including phenoxy) is 1. The molecule has 82 valence electrons. The van der Waals surface area contributed by atoms with E-state index in [0.717, 1.165) is 32.8 Å². The maximum atomic E-state index is 5.47. The molecular formula is C11H22N2O. The van der Waals surface area contributed by atoms with Gasteiger partial charge in [0.25, 0.3) is 0 Å². The average molecular weight is 198 g/mol. The zero-order valence-electron chi connectivity index (χ0n) is 9.55. The number of hydrogen-bond acceptors (Lipinski definition) is 3. The average Bonchev–Trinajstić information content (AvgIpc) is 2.17. The minimum Gasteiger partial charge on any atom is -0.378 e. The quantitative estimate of drug-likeness (QED) is 0.678. The van der Waals surface area contributed by atoms with E-state index in [2.05, 4.69) is 30.1 Å². The van der Waals surface area contributed by atoms with Crippen LogP contribution in [0.4, 0.5) is 0 Å². The van der Waals surface area contributed by atoms with Crippen LogP contribution in [0.3, 0.4) is 0 Å². The normalized spacial score (nSPS) is 23.5.